The number of hydrogen-bond acceptors (Lipinski definition) is 1. The lowest BCUT2D eigenvalue weighted by atomic mass is 10.2. The average Bonchev–Trinajstić information content (AvgIpc) is 2.57. The Kier molecular flexibility index (Phi) is 2.56. The van der Waals surface area contributed by atoms with E-state index in [0.717, 1.165) is 10.2 Å². The third kappa shape index (κ3) is 1.55. The maximum atomic E-state index is 5.16. The number of imidazole rings is 1. The molecular formula is C10H9BrN2S. The summed E-state index contributed by atoms with van der Waals surface area (Å²) in [5, 5.41) is 0. The molecule has 0 bridgehead atoms. The van der Waals surface area contributed by atoms with E-state index in [-0.39, 0.29) is 0 Å². The van der Waals surface area contributed by atoms with Crippen LogP contribution in [0.3, 0.4) is 0 Å². The number of aryl methyl sites for hydroxylation is 1. The first kappa shape index (κ1) is 9.68. The molecule has 4 heteroatoms. The third-order valence-corrected chi connectivity index (χ3v) is 3.43. The molecule has 72 valence electrons. The van der Waals surface area contributed by atoms with Gasteiger partial charge in [-0.2, -0.15) is 0 Å². The molecule has 1 aromatic carbocycles. The van der Waals surface area contributed by atoms with Crippen molar-refractivity contribution < 1.29 is 0 Å². The fraction of sp³-hybridized carbons (Fsp3) is 0.100. The van der Waals surface area contributed by atoms with Crippen molar-refractivity contribution in [1.29, 1.82) is 0 Å². The summed E-state index contributed by atoms with van der Waals surface area (Å²) in [6, 6.07) is 6.11. The lowest BCUT2D eigenvalue weighted by Gasteiger charge is -2.07. The molecule has 0 radical (unpaired) electrons. The second kappa shape index (κ2) is 3.71. The van der Waals surface area contributed by atoms with Gasteiger partial charge in [0.15, 0.2) is 4.77 Å². The van der Waals surface area contributed by atoms with Crippen LogP contribution in [-0.4, -0.2) is 9.55 Å². The summed E-state index contributed by atoms with van der Waals surface area (Å²) in [5.41, 5.74) is 2.27. The number of aromatic amines is 1. The highest BCUT2D eigenvalue weighted by Gasteiger charge is 2.04. The highest BCUT2D eigenvalue weighted by molar-refractivity contribution is 9.10. The molecule has 2 aromatic rings. The maximum absolute atomic E-state index is 5.16. The van der Waals surface area contributed by atoms with E-state index in [9.17, 15) is 0 Å². The first-order chi connectivity index (χ1) is 6.70. The van der Waals surface area contributed by atoms with Crippen LogP contribution in [0.5, 0.6) is 0 Å². The summed E-state index contributed by atoms with van der Waals surface area (Å²) in [4.78, 5) is 2.97. The zero-order valence-electron chi connectivity index (χ0n) is 7.62. The van der Waals surface area contributed by atoms with Crippen LogP contribution in [-0.2, 0) is 0 Å². The van der Waals surface area contributed by atoms with Gasteiger partial charge in [0.05, 0.1) is 5.69 Å². The molecule has 0 amide bonds. The molecule has 0 unspecified atom stereocenters. The van der Waals surface area contributed by atoms with Gasteiger partial charge in [-0.3, -0.25) is 4.57 Å². The van der Waals surface area contributed by atoms with Crippen molar-refractivity contribution in [3.05, 3.63) is 45.4 Å². The van der Waals surface area contributed by atoms with E-state index in [1.165, 1.54) is 5.56 Å². The molecule has 1 N–H and O–H groups in total. The van der Waals surface area contributed by atoms with Crippen molar-refractivity contribution in [2.75, 3.05) is 0 Å². The monoisotopic (exact) mass is 268 g/mol. The molecule has 14 heavy (non-hydrogen) atoms. The van der Waals surface area contributed by atoms with Crippen LogP contribution < -0.4 is 0 Å². The van der Waals surface area contributed by atoms with Crippen molar-refractivity contribution in [1.82, 2.24) is 9.55 Å². The number of rotatable bonds is 1. The number of hydrogen-bond donors (Lipinski definition) is 1. The van der Waals surface area contributed by atoms with Gasteiger partial charge in [0.1, 0.15) is 0 Å². The highest BCUT2D eigenvalue weighted by Crippen LogP contribution is 2.24. The molecule has 0 aliphatic rings. The van der Waals surface area contributed by atoms with E-state index in [0.29, 0.717) is 4.77 Å². The average molecular weight is 269 g/mol. The topological polar surface area (TPSA) is 20.7 Å². The lowest BCUT2D eigenvalue weighted by molar-refractivity contribution is 1.02. The van der Waals surface area contributed by atoms with Crippen LogP contribution in [0.2, 0.25) is 0 Å². The SMILES string of the molecule is Cc1cccc(-n2cc[nH]c2=S)c1Br. The number of aromatic nitrogens is 2. The Morgan fingerprint density at radius 2 is 2.21 bits per heavy atom. The quantitative estimate of drug-likeness (QED) is 0.784. The second-order valence-corrected chi connectivity index (χ2v) is 4.22. The van der Waals surface area contributed by atoms with E-state index in [2.05, 4.69) is 33.9 Å². The Labute approximate surface area is 95.7 Å². The molecule has 0 saturated heterocycles. The van der Waals surface area contributed by atoms with Gasteiger partial charge < -0.3 is 4.98 Å². The number of nitrogens with one attached hydrogen (secondary N) is 1. The summed E-state index contributed by atoms with van der Waals surface area (Å²) in [5.74, 6) is 0. The number of halogens is 1. The molecule has 0 aliphatic carbocycles. The van der Waals surface area contributed by atoms with E-state index in [4.69, 9.17) is 12.2 Å². The Balaban J connectivity index is 2.69. The third-order valence-electron chi connectivity index (χ3n) is 2.08. The normalized spacial score (nSPS) is 10.4. The molecule has 2 rings (SSSR count). The predicted octanol–water partition coefficient (Wildman–Crippen LogP) is 3.61. The van der Waals surface area contributed by atoms with Gasteiger partial charge in [-0.1, -0.05) is 12.1 Å². The minimum atomic E-state index is 0.705. The Morgan fingerprint density at radius 3 is 2.86 bits per heavy atom. The van der Waals surface area contributed by atoms with Gasteiger partial charge >= 0.3 is 0 Å². The van der Waals surface area contributed by atoms with Crippen LogP contribution in [0, 0.1) is 11.7 Å². The summed E-state index contributed by atoms with van der Waals surface area (Å²) in [6.07, 6.45) is 3.75. The highest BCUT2D eigenvalue weighted by atomic mass is 79.9. The molecule has 2 nitrogen and oxygen atoms in total. The van der Waals surface area contributed by atoms with Gasteiger partial charge in [0, 0.05) is 16.9 Å². The van der Waals surface area contributed by atoms with Crippen molar-refractivity contribution >= 4 is 28.1 Å². The van der Waals surface area contributed by atoms with Crippen molar-refractivity contribution in [2.24, 2.45) is 0 Å². The minimum Gasteiger partial charge on any atom is -0.337 e. The van der Waals surface area contributed by atoms with E-state index >= 15 is 0 Å². The standard InChI is InChI=1S/C10H9BrN2S/c1-7-3-2-4-8(9(7)11)13-6-5-12-10(13)14/h2-6H,1H3,(H,12,14). The Hall–Kier alpha value is -0.870. The first-order valence-corrected chi connectivity index (χ1v) is 5.42. The zero-order valence-corrected chi connectivity index (χ0v) is 10.0. The summed E-state index contributed by atoms with van der Waals surface area (Å²) < 4.78 is 3.72. The molecule has 0 spiro atoms. The zero-order chi connectivity index (χ0) is 10.1. The Bertz CT molecular complexity index is 513. The van der Waals surface area contributed by atoms with Crippen molar-refractivity contribution in [3.63, 3.8) is 0 Å². The minimum absolute atomic E-state index is 0.705. The van der Waals surface area contributed by atoms with Gasteiger partial charge in [-0.05, 0) is 46.7 Å². The molecule has 0 fully saturated rings. The first-order valence-electron chi connectivity index (χ1n) is 4.21. The van der Waals surface area contributed by atoms with Gasteiger partial charge in [-0.25, -0.2) is 0 Å². The molecule has 0 saturated carbocycles. The van der Waals surface area contributed by atoms with Gasteiger partial charge in [0.25, 0.3) is 0 Å². The van der Waals surface area contributed by atoms with E-state index < -0.39 is 0 Å². The van der Waals surface area contributed by atoms with Crippen LogP contribution in [0.4, 0.5) is 0 Å². The number of H-pyrrole nitrogens is 1. The fourth-order valence-corrected chi connectivity index (χ4v) is 2.01. The van der Waals surface area contributed by atoms with Crippen LogP contribution >= 0.6 is 28.1 Å². The van der Waals surface area contributed by atoms with Gasteiger partial charge in [0.2, 0.25) is 0 Å². The summed E-state index contributed by atoms with van der Waals surface area (Å²) in [7, 11) is 0. The number of nitrogens with zero attached hydrogens (tertiary/aromatic N) is 1. The van der Waals surface area contributed by atoms with Gasteiger partial charge in [-0.15, -0.1) is 0 Å². The number of benzene rings is 1. The fourth-order valence-electron chi connectivity index (χ4n) is 1.33. The molecule has 1 aromatic heterocycles. The van der Waals surface area contributed by atoms with Crippen LogP contribution in [0.25, 0.3) is 5.69 Å². The largest absolute Gasteiger partial charge is 0.337 e. The predicted molar refractivity (Wildman–Crippen MR) is 63.4 cm³/mol. The Morgan fingerprint density at radius 1 is 1.43 bits per heavy atom. The molecule has 1 heterocycles. The van der Waals surface area contributed by atoms with E-state index in [1.54, 1.807) is 0 Å². The van der Waals surface area contributed by atoms with E-state index in [1.807, 2.05) is 29.1 Å². The summed E-state index contributed by atoms with van der Waals surface area (Å²) >= 11 is 8.71. The molecule has 0 aliphatic heterocycles. The van der Waals surface area contributed by atoms with Crippen LogP contribution in [0.1, 0.15) is 5.56 Å². The second-order valence-electron chi connectivity index (χ2n) is 3.04. The lowest BCUT2D eigenvalue weighted by Crippen LogP contribution is -1.94. The van der Waals surface area contributed by atoms with Crippen molar-refractivity contribution in [2.45, 2.75) is 6.92 Å². The van der Waals surface area contributed by atoms with Crippen LogP contribution in [0.15, 0.2) is 35.1 Å². The summed E-state index contributed by atoms with van der Waals surface area (Å²) in [6.45, 7) is 2.06. The van der Waals surface area contributed by atoms with Crippen molar-refractivity contribution in [3.8, 4) is 5.69 Å². The smallest absolute Gasteiger partial charge is 0.181 e. The molecule has 0 atom stereocenters. The maximum Gasteiger partial charge on any atom is 0.181 e. The molecular weight excluding hydrogens is 260 g/mol.